The van der Waals surface area contributed by atoms with Gasteiger partial charge < -0.3 is 4.57 Å². The fourth-order valence-corrected chi connectivity index (χ4v) is 2.79. The van der Waals surface area contributed by atoms with Crippen molar-refractivity contribution in [1.29, 1.82) is 0 Å². The summed E-state index contributed by atoms with van der Waals surface area (Å²) in [6.07, 6.45) is 1.02. The molecule has 3 heterocycles. The van der Waals surface area contributed by atoms with Crippen LogP contribution in [0.1, 0.15) is 26.4 Å². The summed E-state index contributed by atoms with van der Waals surface area (Å²) < 4.78 is 42.1. The van der Waals surface area contributed by atoms with Crippen molar-refractivity contribution in [2.24, 2.45) is 0 Å². The first-order valence-corrected chi connectivity index (χ1v) is 8.70. The number of alkyl halides is 3. The number of hydrazine groups is 1. The molecule has 0 atom stereocenters. The summed E-state index contributed by atoms with van der Waals surface area (Å²) in [6.45, 7) is 0. The van der Waals surface area contributed by atoms with Gasteiger partial charge in [-0.05, 0) is 30.3 Å². The zero-order valence-corrected chi connectivity index (χ0v) is 15.5. The third kappa shape index (κ3) is 4.01. The SMILES string of the molecule is O=C(NNC(=O)c1cnn(-c2cccc(C(F)(F)F)c2)c1-n1cccc1)c1cn[nH]n1. The predicted molar refractivity (Wildman–Crippen MR) is 99.2 cm³/mol. The van der Waals surface area contributed by atoms with Gasteiger partial charge in [-0.15, -0.1) is 0 Å². The Morgan fingerprint density at radius 3 is 2.42 bits per heavy atom. The highest BCUT2D eigenvalue weighted by Crippen LogP contribution is 2.31. The van der Waals surface area contributed by atoms with Crippen molar-refractivity contribution in [1.82, 2.24) is 40.6 Å². The van der Waals surface area contributed by atoms with E-state index in [-0.39, 0.29) is 22.8 Å². The monoisotopic (exact) mass is 430 g/mol. The summed E-state index contributed by atoms with van der Waals surface area (Å²) in [6, 6.07) is 7.90. The number of benzene rings is 1. The van der Waals surface area contributed by atoms with Crippen LogP contribution >= 0.6 is 0 Å². The maximum absolute atomic E-state index is 13.1. The number of hydrogen-bond donors (Lipinski definition) is 3. The van der Waals surface area contributed by atoms with E-state index in [1.165, 1.54) is 33.8 Å². The zero-order chi connectivity index (χ0) is 22.0. The first-order chi connectivity index (χ1) is 14.8. The Bertz CT molecular complexity index is 1210. The normalized spacial score (nSPS) is 11.3. The Kier molecular flexibility index (Phi) is 4.99. The lowest BCUT2D eigenvalue weighted by Crippen LogP contribution is -2.42. The van der Waals surface area contributed by atoms with E-state index in [2.05, 4.69) is 31.4 Å². The lowest BCUT2D eigenvalue weighted by Gasteiger charge is -2.13. The van der Waals surface area contributed by atoms with Crippen molar-refractivity contribution in [2.75, 3.05) is 0 Å². The molecule has 0 spiro atoms. The molecule has 0 radical (unpaired) electrons. The van der Waals surface area contributed by atoms with Crippen molar-refractivity contribution in [3.05, 3.63) is 78.0 Å². The summed E-state index contributed by atoms with van der Waals surface area (Å²) in [5.74, 6) is -1.27. The maximum Gasteiger partial charge on any atom is 0.416 e. The number of H-pyrrole nitrogens is 1. The van der Waals surface area contributed by atoms with Gasteiger partial charge in [0.25, 0.3) is 11.8 Å². The number of nitrogens with one attached hydrogen (secondary N) is 3. The number of carbonyl (C=O) groups is 2. The van der Waals surface area contributed by atoms with E-state index in [1.54, 1.807) is 24.5 Å². The molecule has 1 aromatic carbocycles. The number of rotatable bonds is 4. The van der Waals surface area contributed by atoms with E-state index in [9.17, 15) is 22.8 Å². The Morgan fingerprint density at radius 2 is 1.74 bits per heavy atom. The molecule has 13 heteroatoms. The summed E-state index contributed by atoms with van der Waals surface area (Å²) in [5, 5.41) is 13.4. The molecule has 0 saturated carbocycles. The van der Waals surface area contributed by atoms with Gasteiger partial charge in [0.05, 0.1) is 23.6 Å². The van der Waals surface area contributed by atoms with E-state index in [4.69, 9.17) is 0 Å². The van der Waals surface area contributed by atoms with Gasteiger partial charge in [-0.25, -0.2) is 4.68 Å². The lowest BCUT2D eigenvalue weighted by molar-refractivity contribution is -0.137. The molecular weight excluding hydrogens is 417 g/mol. The van der Waals surface area contributed by atoms with Crippen LogP contribution in [0.5, 0.6) is 0 Å². The lowest BCUT2D eigenvalue weighted by atomic mass is 10.2. The topological polar surface area (TPSA) is 123 Å². The van der Waals surface area contributed by atoms with Crippen LogP contribution in [0.2, 0.25) is 0 Å². The van der Waals surface area contributed by atoms with Gasteiger partial charge in [0.2, 0.25) is 0 Å². The van der Waals surface area contributed by atoms with E-state index >= 15 is 0 Å². The standard InChI is InChI=1S/C18H13F3N8O2/c19-18(20,21)11-4-3-5-12(8-11)29-17(28-6-1-2-7-28)13(9-23-29)15(30)25-26-16(31)14-10-22-27-24-14/h1-10H,(H,25,30)(H,26,31)(H,22,24,27). The number of amides is 2. The maximum atomic E-state index is 13.1. The molecule has 4 aromatic rings. The third-order valence-corrected chi connectivity index (χ3v) is 4.19. The summed E-state index contributed by atoms with van der Waals surface area (Å²) in [7, 11) is 0. The molecule has 4 rings (SSSR count). The van der Waals surface area contributed by atoms with Gasteiger partial charge in [0, 0.05) is 12.4 Å². The van der Waals surface area contributed by atoms with E-state index in [1.807, 2.05) is 0 Å². The van der Waals surface area contributed by atoms with Crippen molar-refractivity contribution in [2.45, 2.75) is 6.18 Å². The van der Waals surface area contributed by atoms with Crippen molar-refractivity contribution in [3.8, 4) is 11.5 Å². The Morgan fingerprint density at radius 1 is 1.00 bits per heavy atom. The smallest absolute Gasteiger partial charge is 0.308 e. The Balaban J connectivity index is 1.68. The second kappa shape index (κ2) is 7.78. The average molecular weight is 430 g/mol. The van der Waals surface area contributed by atoms with Crippen LogP contribution in [-0.2, 0) is 6.18 Å². The first-order valence-electron chi connectivity index (χ1n) is 8.70. The summed E-state index contributed by atoms with van der Waals surface area (Å²) >= 11 is 0. The fraction of sp³-hybridized carbons (Fsp3) is 0.0556. The highest BCUT2D eigenvalue weighted by molar-refractivity contribution is 6.00. The summed E-state index contributed by atoms with van der Waals surface area (Å²) in [5.41, 5.74) is 3.60. The predicted octanol–water partition coefficient (Wildman–Crippen LogP) is 1.87. The molecule has 2 amide bonds. The first kappa shape index (κ1) is 19.9. The van der Waals surface area contributed by atoms with E-state index < -0.39 is 23.6 Å². The van der Waals surface area contributed by atoms with Gasteiger partial charge in [-0.3, -0.25) is 20.4 Å². The number of carbonyl (C=O) groups excluding carboxylic acids is 2. The molecule has 10 nitrogen and oxygen atoms in total. The molecule has 158 valence electrons. The minimum Gasteiger partial charge on any atom is -0.308 e. The fourth-order valence-electron chi connectivity index (χ4n) is 2.79. The zero-order valence-electron chi connectivity index (χ0n) is 15.5. The molecule has 0 aliphatic carbocycles. The van der Waals surface area contributed by atoms with Crippen LogP contribution in [0.3, 0.4) is 0 Å². The number of aromatic amines is 1. The molecule has 3 aromatic heterocycles. The number of hydrogen-bond acceptors (Lipinski definition) is 5. The largest absolute Gasteiger partial charge is 0.416 e. The number of nitrogens with zero attached hydrogens (tertiary/aromatic N) is 5. The van der Waals surface area contributed by atoms with Crippen LogP contribution in [-0.4, -0.2) is 41.6 Å². The van der Waals surface area contributed by atoms with Crippen molar-refractivity contribution < 1.29 is 22.8 Å². The molecular formula is C18H13F3N8O2. The molecule has 0 bridgehead atoms. The Labute approximate surface area is 171 Å². The van der Waals surface area contributed by atoms with Gasteiger partial charge in [-0.1, -0.05) is 6.07 Å². The molecule has 0 aliphatic rings. The molecule has 0 aliphatic heterocycles. The average Bonchev–Trinajstić information content (AvgIpc) is 3.51. The van der Waals surface area contributed by atoms with E-state index in [0.717, 1.165) is 12.1 Å². The van der Waals surface area contributed by atoms with Crippen LogP contribution in [0.15, 0.2) is 61.2 Å². The molecule has 0 unspecified atom stereocenters. The highest BCUT2D eigenvalue weighted by atomic mass is 19.4. The second-order valence-corrected chi connectivity index (χ2v) is 6.20. The van der Waals surface area contributed by atoms with Gasteiger partial charge in [0.15, 0.2) is 11.5 Å². The van der Waals surface area contributed by atoms with Gasteiger partial charge >= 0.3 is 6.18 Å². The minimum absolute atomic E-state index is 0.00839. The number of aromatic nitrogens is 6. The number of halogens is 3. The third-order valence-electron chi connectivity index (χ3n) is 4.19. The minimum atomic E-state index is -4.54. The van der Waals surface area contributed by atoms with Crippen LogP contribution in [0.4, 0.5) is 13.2 Å². The van der Waals surface area contributed by atoms with Crippen LogP contribution in [0, 0.1) is 0 Å². The van der Waals surface area contributed by atoms with Crippen molar-refractivity contribution >= 4 is 11.8 Å². The Hall–Kier alpha value is -4.42. The molecule has 0 saturated heterocycles. The molecule has 0 fully saturated rings. The van der Waals surface area contributed by atoms with Crippen LogP contribution < -0.4 is 10.9 Å². The second-order valence-electron chi connectivity index (χ2n) is 6.20. The molecule has 31 heavy (non-hydrogen) atoms. The van der Waals surface area contributed by atoms with Gasteiger partial charge in [0.1, 0.15) is 5.56 Å². The molecule has 3 N–H and O–H groups in total. The quantitative estimate of drug-likeness (QED) is 0.427. The van der Waals surface area contributed by atoms with Crippen LogP contribution in [0.25, 0.3) is 11.5 Å². The highest BCUT2D eigenvalue weighted by Gasteiger charge is 2.31. The van der Waals surface area contributed by atoms with Crippen molar-refractivity contribution in [3.63, 3.8) is 0 Å². The van der Waals surface area contributed by atoms with Gasteiger partial charge in [-0.2, -0.15) is 33.7 Å². The summed E-state index contributed by atoms with van der Waals surface area (Å²) in [4.78, 5) is 24.6. The van der Waals surface area contributed by atoms with E-state index in [0.29, 0.717) is 0 Å².